The summed E-state index contributed by atoms with van der Waals surface area (Å²) in [5.74, 6) is -0.129. The summed E-state index contributed by atoms with van der Waals surface area (Å²) < 4.78 is 1.06. The van der Waals surface area contributed by atoms with Gasteiger partial charge in [-0.2, -0.15) is 5.26 Å². The van der Waals surface area contributed by atoms with Crippen LogP contribution in [-0.2, 0) is 7.05 Å². The molecule has 1 aromatic heterocycles. The second-order valence-electron chi connectivity index (χ2n) is 4.97. The Morgan fingerprint density at radius 1 is 1.45 bits per heavy atom. The van der Waals surface area contributed by atoms with Gasteiger partial charge in [-0.05, 0) is 25.2 Å². The average molecular weight is 291 g/mol. The Labute approximate surface area is 122 Å². The number of aromatic nitrogens is 1. The Bertz CT molecular complexity index is 610. The Morgan fingerprint density at radius 2 is 2.10 bits per heavy atom. The van der Waals surface area contributed by atoms with Crippen molar-refractivity contribution in [3.05, 3.63) is 34.2 Å². The highest BCUT2D eigenvalue weighted by Crippen LogP contribution is 2.34. The number of carbonyl (C=O) groups excluding carboxylic acids is 1. The number of carbonyl (C=O) groups is 1. The van der Waals surface area contributed by atoms with Crippen molar-refractivity contribution in [3.8, 4) is 6.07 Å². The molecule has 20 heavy (non-hydrogen) atoms. The minimum atomic E-state index is -0.371. The molecule has 1 aliphatic heterocycles. The number of rotatable bonds is 2. The zero-order chi connectivity index (χ0) is 14.8. The molecule has 1 fully saturated rings. The summed E-state index contributed by atoms with van der Waals surface area (Å²) in [6.07, 6.45) is 4.87. The maximum atomic E-state index is 12.3. The molecule has 6 heteroatoms. The van der Waals surface area contributed by atoms with E-state index in [0.717, 1.165) is 0 Å². The van der Waals surface area contributed by atoms with Crippen molar-refractivity contribution >= 4 is 17.7 Å². The molecule has 1 saturated heterocycles. The molecule has 1 amide bonds. The summed E-state index contributed by atoms with van der Waals surface area (Å²) in [6.45, 7) is 1.12. The lowest BCUT2D eigenvalue weighted by molar-refractivity contribution is 0.0716. The smallest absolute Gasteiger partial charge is 0.254 e. The van der Waals surface area contributed by atoms with E-state index in [1.165, 1.54) is 10.6 Å². The van der Waals surface area contributed by atoms with E-state index in [0.29, 0.717) is 31.5 Å². The van der Waals surface area contributed by atoms with Crippen LogP contribution < -0.4 is 5.56 Å². The highest BCUT2D eigenvalue weighted by Gasteiger charge is 2.35. The fourth-order valence-electron chi connectivity index (χ4n) is 2.30. The summed E-state index contributed by atoms with van der Waals surface area (Å²) in [4.78, 5) is 25.6. The molecule has 0 unspecified atom stereocenters. The first-order chi connectivity index (χ1) is 9.51. The molecule has 2 heterocycles. The first-order valence-corrected chi connectivity index (χ1v) is 7.66. The maximum absolute atomic E-state index is 12.3. The minimum Gasteiger partial charge on any atom is -0.338 e. The van der Waals surface area contributed by atoms with Crippen LogP contribution in [-0.4, -0.2) is 39.5 Å². The lowest BCUT2D eigenvalue weighted by Gasteiger charge is -2.36. The number of pyridine rings is 1. The summed E-state index contributed by atoms with van der Waals surface area (Å²) >= 11 is 1.55. The SMILES string of the molecule is CSC1(C#N)CCN(C(=O)c2ccn(C)c(=O)c2)CC1. The topological polar surface area (TPSA) is 66.1 Å². The van der Waals surface area contributed by atoms with Crippen LogP contribution in [0, 0.1) is 11.3 Å². The van der Waals surface area contributed by atoms with Gasteiger partial charge in [0.15, 0.2) is 0 Å². The Hall–Kier alpha value is -1.74. The molecule has 106 valence electrons. The van der Waals surface area contributed by atoms with E-state index in [-0.39, 0.29) is 16.2 Å². The Balaban J connectivity index is 2.11. The molecule has 5 nitrogen and oxygen atoms in total. The first kappa shape index (κ1) is 14.7. The molecule has 0 aromatic carbocycles. The molecule has 1 aromatic rings. The largest absolute Gasteiger partial charge is 0.338 e. The number of hydrogen-bond donors (Lipinski definition) is 0. The first-order valence-electron chi connectivity index (χ1n) is 6.44. The number of nitrogens with zero attached hydrogens (tertiary/aromatic N) is 3. The monoisotopic (exact) mass is 291 g/mol. The third-order valence-corrected chi connectivity index (χ3v) is 5.09. The fourth-order valence-corrected chi connectivity index (χ4v) is 2.98. The molecule has 0 aliphatic carbocycles. The van der Waals surface area contributed by atoms with E-state index in [2.05, 4.69) is 6.07 Å². The van der Waals surface area contributed by atoms with E-state index in [4.69, 9.17) is 0 Å². The van der Waals surface area contributed by atoms with Crippen molar-refractivity contribution in [1.82, 2.24) is 9.47 Å². The predicted molar refractivity (Wildman–Crippen MR) is 78.7 cm³/mol. The highest BCUT2D eigenvalue weighted by atomic mass is 32.2. The van der Waals surface area contributed by atoms with E-state index in [1.54, 1.807) is 36.0 Å². The van der Waals surface area contributed by atoms with Crippen molar-refractivity contribution < 1.29 is 4.79 Å². The third-order valence-electron chi connectivity index (χ3n) is 3.80. The van der Waals surface area contributed by atoms with Crippen LogP contribution in [0.3, 0.4) is 0 Å². The van der Waals surface area contributed by atoms with Gasteiger partial charge in [0.2, 0.25) is 0 Å². The fraction of sp³-hybridized carbons (Fsp3) is 0.500. The van der Waals surface area contributed by atoms with Crippen molar-refractivity contribution in [1.29, 1.82) is 5.26 Å². The van der Waals surface area contributed by atoms with Crippen LogP contribution in [0.4, 0.5) is 0 Å². The molecular formula is C14H17N3O2S. The quantitative estimate of drug-likeness (QED) is 0.822. The van der Waals surface area contributed by atoms with Crippen LogP contribution in [0.15, 0.2) is 23.1 Å². The van der Waals surface area contributed by atoms with Gasteiger partial charge in [0.1, 0.15) is 4.75 Å². The molecule has 1 aliphatic rings. The predicted octanol–water partition coefficient (Wildman–Crippen LogP) is 1.25. The van der Waals surface area contributed by atoms with E-state index >= 15 is 0 Å². The number of piperidine rings is 1. The molecule has 0 spiro atoms. The van der Waals surface area contributed by atoms with Crippen molar-refractivity contribution in [2.75, 3.05) is 19.3 Å². The third kappa shape index (κ3) is 2.73. The highest BCUT2D eigenvalue weighted by molar-refractivity contribution is 8.00. The van der Waals surface area contributed by atoms with Gasteiger partial charge in [0, 0.05) is 38.0 Å². The molecule has 2 rings (SSSR count). The van der Waals surface area contributed by atoms with Gasteiger partial charge in [0.25, 0.3) is 11.5 Å². The molecule has 0 bridgehead atoms. The molecular weight excluding hydrogens is 274 g/mol. The van der Waals surface area contributed by atoms with E-state index in [9.17, 15) is 14.9 Å². The minimum absolute atomic E-state index is 0.129. The summed E-state index contributed by atoms with van der Waals surface area (Å²) in [6, 6.07) is 5.38. The molecule has 0 radical (unpaired) electrons. The van der Waals surface area contributed by atoms with Crippen LogP contribution in [0.25, 0.3) is 0 Å². The number of amides is 1. The van der Waals surface area contributed by atoms with Gasteiger partial charge in [-0.1, -0.05) is 0 Å². The number of nitriles is 1. The van der Waals surface area contributed by atoms with Crippen molar-refractivity contribution in [2.24, 2.45) is 7.05 Å². The summed E-state index contributed by atoms with van der Waals surface area (Å²) in [5, 5.41) is 9.23. The molecule has 0 atom stereocenters. The molecule has 0 N–H and O–H groups in total. The molecule has 0 saturated carbocycles. The Morgan fingerprint density at radius 3 is 2.60 bits per heavy atom. The van der Waals surface area contributed by atoms with Crippen LogP contribution in [0.1, 0.15) is 23.2 Å². The van der Waals surface area contributed by atoms with Crippen LogP contribution in [0.5, 0.6) is 0 Å². The van der Waals surface area contributed by atoms with E-state index < -0.39 is 0 Å². The standard InChI is InChI=1S/C14H17N3O2S/c1-16-6-3-11(9-12(16)18)13(19)17-7-4-14(10-15,20-2)5-8-17/h3,6,9H,4-5,7-8H2,1-2H3. The summed E-state index contributed by atoms with van der Waals surface area (Å²) in [5.41, 5.74) is 0.227. The second kappa shape index (κ2) is 5.71. The van der Waals surface area contributed by atoms with Crippen molar-refractivity contribution in [2.45, 2.75) is 17.6 Å². The van der Waals surface area contributed by atoms with Crippen molar-refractivity contribution in [3.63, 3.8) is 0 Å². The number of thioether (sulfide) groups is 1. The van der Waals surface area contributed by atoms with Crippen LogP contribution in [0.2, 0.25) is 0 Å². The van der Waals surface area contributed by atoms with Gasteiger partial charge in [-0.15, -0.1) is 11.8 Å². The summed E-state index contributed by atoms with van der Waals surface area (Å²) in [7, 11) is 1.65. The van der Waals surface area contributed by atoms with Crippen LogP contribution >= 0.6 is 11.8 Å². The average Bonchev–Trinajstić information content (AvgIpc) is 2.49. The van der Waals surface area contributed by atoms with Gasteiger partial charge in [0.05, 0.1) is 6.07 Å². The van der Waals surface area contributed by atoms with Gasteiger partial charge in [-0.25, -0.2) is 0 Å². The zero-order valence-electron chi connectivity index (χ0n) is 11.6. The zero-order valence-corrected chi connectivity index (χ0v) is 12.4. The van der Waals surface area contributed by atoms with Gasteiger partial charge in [-0.3, -0.25) is 9.59 Å². The lowest BCUT2D eigenvalue weighted by atomic mass is 9.97. The van der Waals surface area contributed by atoms with Gasteiger partial charge < -0.3 is 9.47 Å². The number of aryl methyl sites for hydroxylation is 1. The van der Waals surface area contributed by atoms with Gasteiger partial charge >= 0.3 is 0 Å². The normalized spacial score (nSPS) is 17.6. The lowest BCUT2D eigenvalue weighted by Crippen LogP contribution is -2.44. The second-order valence-corrected chi connectivity index (χ2v) is 6.16. The Kier molecular flexibility index (Phi) is 4.19. The van der Waals surface area contributed by atoms with E-state index in [1.807, 2.05) is 6.26 Å². The maximum Gasteiger partial charge on any atom is 0.254 e. The number of hydrogen-bond acceptors (Lipinski definition) is 4. The number of likely N-dealkylation sites (tertiary alicyclic amines) is 1.